The Balaban J connectivity index is 2.04. The minimum Gasteiger partial charge on any atom is -0.364 e. The molecule has 4 N–H and O–H groups in total. The number of anilines is 3. The van der Waals surface area contributed by atoms with Gasteiger partial charge in [-0.15, -0.1) is 0 Å². The number of amides is 3. The summed E-state index contributed by atoms with van der Waals surface area (Å²) < 4.78 is 0. The first-order valence-electron chi connectivity index (χ1n) is 12.5. The SMILES string of the molecule is CCc1nc(C(N)=O)c(Nc2cccc(CCNC(=O)C(C)N(C)C(=O)/C=C/CN(C)C)c2)nc1N(C)C. The predicted molar refractivity (Wildman–Crippen MR) is 151 cm³/mol. The highest BCUT2D eigenvalue weighted by Gasteiger charge is 2.21. The number of nitrogens with zero attached hydrogens (tertiary/aromatic N) is 5. The van der Waals surface area contributed by atoms with Gasteiger partial charge in [0, 0.05) is 46.0 Å². The second-order valence-corrected chi connectivity index (χ2v) is 9.46. The van der Waals surface area contributed by atoms with Gasteiger partial charge in [-0.3, -0.25) is 14.4 Å². The van der Waals surface area contributed by atoms with E-state index in [1.165, 1.54) is 11.0 Å². The summed E-state index contributed by atoms with van der Waals surface area (Å²) in [6.45, 7) is 4.68. The molecule has 206 valence electrons. The molecule has 2 aromatic rings. The molecule has 0 saturated heterocycles. The molecule has 0 fully saturated rings. The van der Waals surface area contributed by atoms with Crippen LogP contribution in [0.2, 0.25) is 0 Å². The zero-order chi connectivity index (χ0) is 28.4. The van der Waals surface area contributed by atoms with Crippen molar-refractivity contribution in [1.82, 2.24) is 25.1 Å². The van der Waals surface area contributed by atoms with Gasteiger partial charge in [0.1, 0.15) is 6.04 Å². The summed E-state index contributed by atoms with van der Waals surface area (Å²) in [5.41, 5.74) is 8.01. The average molecular weight is 525 g/mol. The molecule has 0 radical (unpaired) electrons. The van der Waals surface area contributed by atoms with Crippen LogP contribution in [0.15, 0.2) is 36.4 Å². The normalized spacial score (nSPS) is 11.9. The molecule has 0 aliphatic carbocycles. The lowest BCUT2D eigenvalue weighted by molar-refractivity contribution is -0.135. The van der Waals surface area contributed by atoms with E-state index in [1.807, 2.05) is 69.2 Å². The molecular formula is C27H40N8O3. The Morgan fingerprint density at radius 2 is 1.82 bits per heavy atom. The summed E-state index contributed by atoms with van der Waals surface area (Å²) in [5.74, 6) is -0.180. The van der Waals surface area contributed by atoms with Crippen molar-refractivity contribution in [1.29, 1.82) is 0 Å². The van der Waals surface area contributed by atoms with E-state index in [4.69, 9.17) is 5.73 Å². The predicted octanol–water partition coefficient (Wildman–Crippen LogP) is 1.57. The quantitative estimate of drug-likeness (QED) is 0.336. The minimum absolute atomic E-state index is 0.0781. The van der Waals surface area contributed by atoms with Crippen molar-refractivity contribution in [2.75, 3.05) is 58.5 Å². The minimum atomic E-state index is -0.662. The molecule has 11 nitrogen and oxygen atoms in total. The number of hydrogen-bond acceptors (Lipinski definition) is 8. The molecule has 0 aliphatic rings. The number of aromatic nitrogens is 2. The summed E-state index contributed by atoms with van der Waals surface area (Å²) >= 11 is 0. The highest BCUT2D eigenvalue weighted by atomic mass is 16.2. The monoisotopic (exact) mass is 524 g/mol. The summed E-state index contributed by atoms with van der Waals surface area (Å²) in [6.07, 6.45) is 4.42. The summed E-state index contributed by atoms with van der Waals surface area (Å²) in [7, 11) is 9.17. The highest BCUT2D eigenvalue weighted by Crippen LogP contribution is 2.24. The molecule has 0 bridgehead atoms. The summed E-state index contributed by atoms with van der Waals surface area (Å²) in [6, 6.07) is 6.97. The lowest BCUT2D eigenvalue weighted by Crippen LogP contribution is -2.45. The van der Waals surface area contributed by atoms with Gasteiger partial charge in [0.15, 0.2) is 17.3 Å². The Morgan fingerprint density at radius 1 is 1.11 bits per heavy atom. The third-order valence-electron chi connectivity index (χ3n) is 5.88. The van der Waals surface area contributed by atoms with E-state index in [-0.39, 0.29) is 23.3 Å². The van der Waals surface area contributed by atoms with Gasteiger partial charge < -0.3 is 31.1 Å². The fourth-order valence-corrected chi connectivity index (χ4v) is 3.58. The van der Waals surface area contributed by atoms with E-state index in [0.29, 0.717) is 43.1 Å². The van der Waals surface area contributed by atoms with E-state index in [1.54, 1.807) is 20.0 Å². The van der Waals surface area contributed by atoms with Crippen LogP contribution in [0.3, 0.4) is 0 Å². The van der Waals surface area contributed by atoms with Crippen molar-refractivity contribution < 1.29 is 14.4 Å². The third kappa shape index (κ3) is 8.55. The van der Waals surface area contributed by atoms with E-state index in [9.17, 15) is 14.4 Å². The lowest BCUT2D eigenvalue weighted by Gasteiger charge is -2.23. The fourth-order valence-electron chi connectivity index (χ4n) is 3.58. The first-order chi connectivity index (χ1) is 17.9. The zero-order valence-corrected chi connectivity index (χ0v) is 23.4. The van der Waals surface area contributed by atoms with E-state index < -0.39 is 11.9 Å². The van der Waals surface area contributed by atoms with Crippen molar-refractivity contribution in [3.05, 3.63) is 53.4 Å². The number of carbonyl (C=O) groups is 3. The molecule has 1 aromatic heterocycles. The Bertz CT molecular complexity index is 1160. The van der Waals surface area contributed by atoms with E-state index in [0.717, 1.165) is 5.56 Å². The molecule has 1 atom stereocenters. The number of rotatable bonds is 13. The first kappa shape index (κ1) is 30.2. The summed E-state index contributed by atoms with van der Waals surface area (Å²) in [5, 5.41) is 6.06. The van der Waals surface area contributed by atoms with Crippen LogP contribution in [0.1, 0.15) is 35.6 Å². The van der Waals surface area contributed by atoms with Crippen LogP contribution in [-0.2, 0) is 22.4 Å². The Labute approximate surface area is 225 Å². The van der Waals surface area contributed by atoms with Crippen molar-refractivity contribution in [3.63, 3.8) is 0 Å². The molecule has 0 spiro atoms. The van der Waals surface area contributed by atoms with Gasteiger partial charge >= 0.3 is 0 Å². The molecule has 0 aliphatic heterocycles. The van der Waals surface area contributed by atoms with Crippen molar-refractivity contribution in [2.45, 2.75) is 32.7 Å². The highest BCUT2D eigenvalue weighted by molar-refractivity contribution is 5.96. The van der Waals surface area contributed by atoms with Crippen LogP contribution in [-0.4, -0.2) is 91.9 Å². The van der Waals surface area contributed by atoms with Crippen LogP contribution in [0, 0.1) is 0 Å². The molecule has 11 heteroatoms. The number of primary amides is 1. The maximum absolute atomic E-state index is 12.6. The number of nitrogens with two attached hydrogens (primary N) is 1. The van der Waals surface area contributed by atoms with Crippen LogP contribution in [0.25, 0.3) is 0 Å². The Morgan fingerprint density at radius 3 is 2.42 bits per heavy atom. The second kappa shape index (κ2) is 14.1. The Kier molecular flexibility index (Phi) is 11.2. The van der Waals surface area contributed by atoms with Gasteiger partial charge in [-0.25, -0.2) is 9.97 Å². The van der Waals surface area contributed by atoms with Crippen LogP contribution < -0.4 is 21.3 Å². The smallest absolute Gasteiger partial charge is 0.271 e. The molecule has 2 rings (SSSR count). The zero-order valence-electron chi connectivity index (χ0n) is 23.4. The number of aryl methyl sites for hydroxylation is 1. The molecule has 0 saturated carbocycles. The topological polar surface area (TPSA) is 137 Å². The third-order valence-corrected chi connectivity index (χ3v) is 5.88. The van der Waals surface area contributed by atoms with Crippen LogP contribution >= 0.6 is 0 Å². The summed E-state index contributed by atoms with van der Waals surface area (Å²) in [4.78, 5) is 51.2. The van der Waals surface area contributed by atoms with Gasteiger partial charge in [0.05, 0.1) is 5.69 Å². The van der Waals surface area contributed by atoms with Crippen LogP contribution in [0.4, 0.5) is 17.3 Å². The maximum atomic E-state index is 12.6. The second-order valence-electron chi connectivity index (χ2n) is 9.46. The fraction of sp³-hybridized carbons (Fsp3) is 0.444. The van der Waals surface area contributed by atoms with Crippen molar-refractivity contribution in [3.8, 4) is 0 Å². The molecule has 1 unspecified atom stereocenters. The maximum Gasteiger partial charge on any atom is 0.271 e. The van der Waals surface area contributed by atoms with Gasteiger partial charge in [-0.1, -0.05) is 25.1 Å². The van der Waals surface area contributed by atoms with E-state index in [2.05, 4.69) is 20.6 Å². The van der Waals surface area contributed by atoms with Gasteiger partial charge in [0.25, 0.3) is 5.91 Å². The van der Waals surface area contributed by atoms with E-state index >= 15 is 0 Å². The standard InChI is InChI=1S/C27H40N8O3/c1-8-21-26(34(5)6)32-25(23(31-21)24(28)37)30-20-12-9-11-19(17-20)14-15-29-27(38)18(2)35(7)22(36)13-10-16-33(3)4/h9-13,17-18H,8,14-16H2,1-7H3,(H2,28,37)(H,29,38)(H,30,32)/b13-10+. The van der Waals surface area contributed by atoms with Crippen molar-refractivity contribution >= 4 is 35.0 Å². The molecule has 1 aromatic carbocycles. The Hall–Kier alpha value is -3.99. The number of carbonyl (C=O) groups excluding carboxylic acids is 3. The number of benzene rings is 1. The number of nitrogens with one attached hydrogen (secondary N) is 2. The number of hydrogen-bond donors (Lipinski definition) is 3. The van der Waals surface area contributed by atoms with Gasteiger partial charge in [-0.2, -0.15) is 0 Å². The molecule has 3 amide bonds. The first-order valence-corrected chi connectivity index (χ1v) is 12.5. The number of likely N-dealkylation sites (N-methyl/N-ethyl adjacent to an activating group) is 2. The van der Waals surface area contributed by atoms with Crippen molar-refractivity contribution in [2.24, 2.45) is 5.73 Å². The molecular weight excluding hydrogens is 484 g/mol. The average Bonchev–Trinajstić information content (AvgIpc) is 2.87. The largest absolute Gasteiger partial charge is 0.364 e. The molecule has 1 heterocycles. The lowest BCUT2D eigenvalue weighted by atomic mass is 10.1. The van der Waals surface area contributed by atoms with Gasteiger partial charge in [0.2, 0.25) is 11.8 Å². The van der Waals surface area contributed by atoms with Crippen LogP contribution in [0.5, 0.6) is 0 Å². The van der Waals surface area contributed by atoms with Gasteiger partial charge in [-0.05, 0) is 51.6 Å². The molecule has 38 heavy (non-hydrogen) atoms.